The van der Waals surface area contributed by atoms with Gasteiger partial charge in [0.05, 0.1) is 17.1 Å². The van der Waals surface area contributed by atoms with Crippen LogP contribution in [-0.4, -0.2) is 35.2 Å². The number of hydrogen-bond acceptors (Lipinski definition) is 5. The molecule has 1 aliphatic carbocycles. The number of anilines is 10. The maximum Gasteiger partial charge on any atom is 0.0567 e. The van der Waals surface area contributed by atoms with Crippen LogP contribution in [-0.2, 0) is 5.41 Å². The standard InChI is InChI=1S/C28H23N.C27H19N.3C23H17N/c1-28(2)24-14-8-6-12-20(24)22-16-17-23-19-11-5-4-10-18(19)21-13-7-9-15-25(21)29(3)27(23)26(22)28;1-28-26-17-20-10-3-2-9-19(20)16-25(26)23-13-7-6-12-22(23)24-15-14-18-8-4-5-11-21(18)27(24)28;1-24-21-13-7-6-11-19(21)18-10-4-5-12-20(18)23-17-9-3-2-8-16(17)14-15-22(23)24;1-24-22-13-7-6-12-20(22)18-10-4-5-11-19(18)21-14-16-8-2-3-9-17(16)15-23(21)24;1-24-22-13-7-6-12-20(22)18-10-4-5-11-19(18)21-15-14-16-8-2-3-9-17(16)23(21)24/h4-17H,1-3H3;2-17H,1H3;3*2-15H,1H3. The van der Waals surface area contributed by atoms with Gasteiger partial charge in [-0.2, -0.15) is 0 Å². The first-order chi connectivity index (χ1) is 63.4. The second-order valence-electron chi connectivity index (χ2n) is 35.1. The monoisotopic (exact) mass is 1650 g/mol. The van der Waals surface area contributed by atoms with Gasteiger partial charge in [-0.25, -0.2) is 0 Å². The molecule has 5 heteroatoms. The van der Waals surface area contributed by atoms with Crippen LogP contribution in [0, 0.1) is 0 Å². The molecule has 0 aromatic heterocycles. The lowest BCUT2D eigenvalue weighted by atomic mass is 9.80. The second-order valence-corrected chi connectivity index (χ2v) is 35.1. The maximum absolute atomic E-state index is 2.41. The summed E-state index contributed by atoms with van der Waals surface area (Å²) < 4.78 is 0. The van der Waals surface area contributed by atoms with Gasteiger partial charge < -0.3 is 24.5 Å². The third-order valence-electron chi connectivity index (χ3n) is 27.8. The van der Waals surface area contributed by atoms with Crippen LogP contribution in [0.3, 0.4) is 0 Å². The summed E-state index contributed by atoms with van der Waals surface area (Å²) in [5, 5.41) is 12.8. The molecule has 0 saturated heterocycles. The van der Waals surface area contributed by atoms with Crippen LogP contribution in [0.4, 0.5) is 56.9 Å². The van der Waals surface area contributed by atoms with Gasteiger partial charge in [0, 0.05) is 147 Å². The van der Waals surface area contributed by atoms with Gasteiger partial charge in [-0.3, -0.25) is 0 Å². The highest BCUT2D eigenvalue weighted by molar-refractivity contribution is 6.15. The fraction of sp³-hybridized carbons (Fsp3) is 0.0645. The Labute approximate surface area is 754 Å². The van der Waals surface area contributed by atoms with Gasteiger partial charge >= 0.3 is 0 Å². The summed E-state index contributed by atoms with van der Waals surface area (Å²) in [6, 6.07) is 158. The molecule has 21 aromatic carbocycles. The van der Waals surface area contributed by atoms with E-state index in [1.165, 1.54) is 244 Å². The Morgan fingerprint density at radius 3 is 0.845 bits per heavy atom. The van der Waals surface area contributed by atoms with Gasteiger partial charge in [0.25, 0.3) is 0 Å². The lowest BCUT2D eigenvalue weighted by molar-refractivity contribution is 0.660. The van der Waals surface area contributed by atoms with Crippen molar-refractivity contribution in [3.63, 3.8) is 0 Å². The normalized spacial score (nSPS) is 12.9. The second kappa shape index (κ2) is 31.5. The quantitative estimate of drug-likeness (QED) is 0.150. The van der Waals surface area contributed by atoms with E-state index in [0.717, 1.165) is 0 Å². The predicted molar refractivity (Wildman–Crippen MR) is 552 cm³/mol. The van der Waals surface area contributed by atoms with Gasteiger partial charge in [-0.1, -0.05) is 396 Å². The molecule has 6 aliphatic rings. The minimum atomic E-state index is -0.0419. The fourth-order valence-electron chi connectivity index (χ4n) is 21.7. The van der Waals surface area contributed by atoms with Crippen LogP contribution in [0.1, 0.15) is 25.0 Å². The first-order valence-electron chi connectivity index (χ1n) is 44.8. The number of para-hydroxylation sites is 4. The summed E-state index contributed by atoms with van der Waals surface area (Å²) in [7, 11) is 10.9. The zero-order chi connectivity index (χ0) is 86.7. The van der Waals surface area contributed by atoms with E-state index in [2.05, 4.69) is 510 Å². The lowest BCUT2D eigenvalue weighted by Gasteiger charge is -2.31. The van der Waals surface area contributed by atoms with Gasteiger partial charge in [0.1, 0.15) is 0 Å². The Bertz CT molecular complexity index is 8010. The molecule has 0 spiro atoms. The van der Waals surface area contributed by atoms with Crippen molar-refractivity contribution in [2.75, 3.05) is 59.7 Å². The number of nitrogens with zero attached hydrogens (tertiary/aromatic N) is 5. The highest BCUT2D eigenvalue weighted by Crippen LogP contribution is 2.60. The van der Waals surface area contributed by atoms with E-state index < -0.39 is 0 Å². The van der Waals surface area contributed by atoms with E-state index >= 15 is 0 Å². The highest BCUT2D eigenvalue weighted by Gasteiger charge is 2.41. The van der Waals surface area contributed by atoms with Crippen LogP contribution in [0.15, 0.2) is 437 Å². The minimum absolute atomic E-state index is 0.0419. The molecule has 129 heavy (non-hydrogen) atoms. The van der Waals surface area contributed by atoms with Crippen molar-refractivity contribution in [2.24, 2.45) is 0 Å². The summed E-state index contributed by atoms with van der Waals surface area (Å²) in [5.41, 5.74) is 44.2. The molecule has 21 aromatic rings. The van der Waals surface area contributed by atoms with Gasteiger partial charge in [-0.05, 0) is 176 Å². The molecule has 0 amide bonds. The third-order valence-corrected chi connectivity index (χ3v) is 27.8. The molecular formula is C124H93N5. The van der Waals surface area contributed by atoms with Crippen molar-refractivity contribution >= 4 is 111 Å². The minimum Gasteiger partial charge on any atom is -0.344 e. The highest BCUT2D eigenvalue weighted by atomic mass is 15.1. The SMILES string of the molecule is CN1c2cc3ccccc3cc2-c2ccccc2-c2ccc3ccccc3c21.CN1c2ccccc2-c2ccccc2-c2c1ccc1ccccc21.CN1c2ccccc2-c2ccccc2-c2cc3ccccc3cc21.CN1c2ccccc2-c2ccccc2-c2ccc3c(c21)C(C)(C)c1ccccc1-3.CN1c2ccccc2-c2ccccc2-c2ccc3ccccc3c21. The predicted octanol–water partition coefficient (Wildman–Crippen LogP) is 33.6. The summed E-state index contributed by atoms with van der Waals surface area (Å²) in [6.45, 7) is 4.74. The lowest BCUT2D eigenvalue weighted by Crippen LogP contribution is -2.21. The maximum atomic E-state index is 2.41. The summed E-state index contributed by atoms with van der Waals surface area (Å²) >= 11 is 0. The van der Waals surface area contributed by atoms with Crippen molar-refractivity contribution in [3.05, 3.63) is 448 Å². The summed E-state index contributed by atoms with van der Waals surface area (Å²) in [5.74, 6) is 0. The smallest absolute Gasteiger partial charge is 0.0567 e. The average Bonchev–Trinajstić information content (AvgIpc) is 1.55. The molecule has 27 rings (SSSR count). The van der Waals surface area contributed by atoms with Crippen molar-refractivity contribution in [1.82, 2.24) is 0 Å². The zero-order valence-corrected chi connectivity index (χ0v) is 73.3. The van der Waals surface area contributed by atoms with Gasteiger partial charge in [-0.15, -0.1) is 0 Å². The van der Waals surface area contributed by atoms with Crippen LogP contribution >= 0.6 is 0 Å². The Balaban J connectivity index is 0.0000000923. The molecule has 0 fully saturated rings. The molecule has 614 valence electrons. The van der Waals surface area contributed by atoms with E-state index in [0.29, 0.717) is 0 Å². The van der Waals surface area contributed by atoms with E-state index in [1.807, 2.05) is 0 Å². The summed E-state index contributed by atoms with van der Waals surface area (Å²) in [4.78, 5) is 11.8. The molecular weight excluding hydrogens is 1560 g/mol. The topological polar surface area (TPSA) is 16.2 Å². The zero-order valence-electron chi connectivity index (χ0n) is 73.3. The molecule has 0 saturated carbocycles. The molecule has 0 N–H and O–H groups in total. The van der Waals surface area contributed by atoms with Crippen molar-refractivity contribution in [3.8, 4) is 122 Å². The van der Waals surface area contributed by atoms with Crippen molar-refractivity contribution < 1.29 is 0 Å². The molecule has 5 heterocycles. The van der Waals surface area contributed by atoms with Crippen LogP contribution in [0.25, 0.3) is 176 Å². The van der Waals surface area contributed by atoms with Crippen LogP contribution in [0.2, 0.25) is 0 Å². The molecule has 5 aliphatic heterocycles. The molecule has 0 unspecified atom stereocenters. The number of benzene rings is 21. The largest absolute Gasteiger partial charge is 0.344 e. The van der Waals surface area contributed by atoms with Crippen molar-refractivity contribution in [2.45, 2.75) is 19.3 Å². The van der Waals surface area contributed by atoms with Gasteiger partial charge in [0.2, 0.25) is 0 Å². The van der Waals surface area contributed by atoms with E-state index in [-0.39, 0.29) is 5.41 Å². The Kier molecular flexibility index (Phi) is 19.0. The van der Waals surface area contributed by atoms with E-state index in [4.69, 9.17) is 0 Å². The summed E-state index contributed by atoms with van der Waals surface area (Å²) in [6.07, 6.45) is 0. The third kappa shape index (κ3) is 12.8. The number of fused-ring (bicyclic) bond motifs is 37. The fourth-order valence-corrected chi connectivity index (χ4v) is 21.7. The molecule has 0 radical (unpaired) electrons. The Morgan fingerprint density at radius 2 is 0.411 bits per heavy atom. The van der Waals surface area contributed by atoms with E-state index in [1.54, 1.807) is 0 Å². The molecule has 0 bridgehead atoms. The molecule has 5 nitrogen and oxygen atoms in total. The average molecular weight is 1650 g/mol. The Hall–Kier alpha value is -16.1. The van der Waals surface area contributed by atoms with Crippen LogP contribution < -0.4 is 24.5 Å². The van der Waals surface area contributed by atoms with Crippen LogP contribution in [0.5, 0.6) is 0 Å². The van der Waals surface area contributed by atoms with E-state index in [9.17, 15) is 0 Å². The first kappa shape index (κ1) is 77.7. The Morgan fingerprint density at radius 1 is 0.155 bits per heavy atom. The number of rotatable bonds is 0. The number of hydrogen-bond donors (Lipinski definition) is 0. The van der Waals surface area contributed by atoms with Crippen molar-refractivity contribution in [1.29, 1.82) is 0 Å². The first-order valence-corrected chi connectivity index (χ1v) is 44.8. The molecule has 0 atom stereocenters. The van der Waals surface area contributed by atoms with Gasteiger partial charge in [0.15, 0.2) is 0 Å².